The molecule has 0 amide bonds. The summed E-state index contributed by atoms with van der Waals surface area (Å²) in [6.45, 7) is 4.23. The van der Waals surface area contributed by atoms with Crippen LogP contribution in [-0.4, -0.2) is 37.6 Å². The van der Waals surface area contributed by atoms with Crippen molar-refractivity contribution in [3.8, 4) is 0 Å². The van der Waals surface area contributed by atoms with Crippen molar-refractivity contribution in [3.05, 3.63) is 35.4 Å². The van der Waals surface area contributed by atoms with Gasteiger partial charge in [-0.05, 0) is 52.5 Å². The first-order chi connectivity index (χ1) is 9.42. The molecule has 0 saturated carbocycles. The lowest BCUT2D eigenvalue weighted by atomic mass is 9.80. The fraction of sp³-hybridized carbons (Fsp3) is 0.625. The highest BCUT2D eigenvalue weighted by Crippen LogP contribution is 2.29. The molecule has 0 aromatic heterocycles. The van der Waals surface area contributed by atoms with E-state index in [2.05, 4.69) is 24.1 Å². The molecule has 1 rings (SSSR count). The summed E-state index contributed by atoms with van der Waals surface area (Å²) in [5.41, 5.74) is 0.0451. The van der Waals surface area contributed by atoms with E-state index in [0.717, 1.165) is 12.8 Å². The van der Waals surface area contributed by atoms with Crippen LogP contribution in [0.25, 0.3) is 0 Å². The largest absolute Gasteiger partial charge is 0.315 e. The summed E-state index contributed by atoms with van der Waals surface area (Å²) < 4.78 is 27.7. The summed E-state index contributed by atoms with van der Waals surface area (Å²) in [5.74, 6) is -0.935. The Balaban J connectivity index is 3.13. The Kier molecular flexibility index (Phi) is 6.08. The maximum absolute atomic E-state index is 13.9. The van der Waals surface area contributed by atoms with Crippen LogP contribution >= 0.6 is 0 Å². The third kappa shape index (κ3) is 3.18. The van der Waals surface area contributed by atoms with Gasteiger partial charge in [0.25, 0.3) is 0 Å². The maximum Gasteiger partial charge on any atom is 0.129 e. The molecule has 1 aromatic rings. The van der Waals surface area contributed by atoms with E-state index in [1.54, 1.807) is 0 Å². The zero-order valence-electron chi connectivity index (χ0n) is 13.1. The topological polar surface area (TPSA) is 15.3 Å². The van der Waals surface area contributed by atoms with Gasteiger partial charge in [0.15, 0.2) is 0 Å². The number of likely N-dealkylation sites (N-methyl/N-ethyl adjacent to an activating group) is 2. The molecule has 4 heteroatoms. The van der Waals surface area contributed by atoms with E-state index < -0.39 is 11.6 Å². The minimum Gasteiger partial charge on any atom is -0.315 e. The van der Waals surface area contributed by atoms with E-state index in [1.165, 1.54) is 18.2 Å². The van der Waals surface area contributed by atoms with E-state index in [4.69, 9.17) is 0 Å². The molecule has 0 heterocycles. The lowest BCUT2D eigenvalue weighted by molar-refractivity contribution is 0.0909. The van der Waals surface area contributed by atoms with Gasteiger partial charge in [0, 0.05) is 17.1 Å². The number of rotatable bonds is 7. The first-order valence-corrected chi connectivity index (χ1v) is 7.20. The smallest absolute Gasteiger partial charge is 0.129 e. The van der Waals surface area contributed by atoms with Gasteiger partial charge >= 0.3 is 0 Å². The van der Waals surface area contributed by atoms with Crippen molar-refractivity contribution >= 4 is 0 Å². The number of halogens is 2. The Morgan fingerprint density at radius 1 is 1.15 bits per heavy atom. The SMILES string of the molecule is CCC(CC)(C(Cc1c(F)cccc1F)NC)N(C)C. The van der Waals surface area contributed by atoms with Crippen LogP contribution in [0.1, 0.15) is 32.3 Å². The lowest BCUT2D eigenvalue weighted by Crippen LogP contribution is -2.58. The molecule has 1 aromatic carbocycles. The molecule has 114 valence electrons. The van der Waals surface area contributed by atoms with Crippen molar-refractivity contribution < 1.29 is 8.78 Å². The Labute approximate surface area is 121 Å². The summed E-state index contributed by atoms with van der Waals surface area (Å²) in [5, 5.41) is 3.25. The first kappa shape index (κ1) is 17.1. The molecule has 20 heavy (non-hydrogen) atoms. The fourth-order valence-electron chi connectivity index (χ4n) is 3.18. The summed E-state index contributed by atoms with van der Waals surface area (Å²) >= 11 is 0. The molecule has 0 aliphatic carbocycles. The molecule has 0 spiro atoms. The van der Waals surface area contributed by atoms with Crippen molar-refractivity contribution in [1.29, 1.82) is 0 Å². The quantitative estimate of drug-likeness (QED) is 0.827. The number of hydrogen-bond donors (Lipinski definition) is 1. The zero-order valence-corrected chi connectivity index (χ0v) is 13.1. The molecule has 0 aliphatic rings. The predicted molar refractivity (Wildman–Crippen MR) is 79.9 cm³/mol. The molecule has 0 radical (unpaired) electrons. The van der Waals surface area contributed by atoms with Gasteiger partial charge in [-0.25, -0.2) is 8.78 Å². The molecule has 0 saturated heterocycles. The van der Waals surface area contributed by atoms with Gasteiger partial charge in [0.05, 0.1) is 0 Å². The van der Waals surface area contributed by atoms with Gasteiger partial charge in [-0.2, -0.15) is 0 Å². The van der Waals surface area contributed by atoms with Crippen molar-refractivity contribution in [3.63, 3.8) is 0 Å². The number of nitrogens with zero attached hydrogens (tertiary/aromatic N) is 1. The maximum atomic E-state index is 13.9. The van der Waals surface area contributed by atoms with Crippen molar-refractivity contribution in [2.24, 2.45) is 0 Å². The van der Waals surface area contributed by atoms with Crippen molar-refractivity contribution in [2.45, 2.75) is 44.7 Å². The molecule has 2 nitrogen and oxygen atoms in total. The summed E-state index contributed by atoms with van der Waals surface area (Å²) in [4.78, 5) is 2.16. The molecule has 0 aliphatic heterocycles. The molecule has 0 bridgehead atoms. The van der Waals surface area contributed by atoms with Gasteiger partial charge in [0.1, 0.15) is 11.6 Å². The van der Waals surface area contributed by atoms with Gasteiger partial charge in [-0.3, -0.25) is 0 Å². The number of nitrogens with one attached hydrogen (secondary N) is 1. The van der Waals surface area contributed by atoms with Crippen molar-refractivity contribution in [2.75, 3.05) is 21.1 Å². The Bertz CT molecular complexity index is 408. The zero-order chi connectivity index (χ0) is 15.3. The second kappa shape index (κ2) is 7.14. The standard InChI is InChI=1S/C16H26F2N2/c1-6-16(7-2,20(4)5)15(19-3)11-12-13(17)9-8-10-14(12)18/h8-10,15,19H,6-7,11H2,1-5H3. The van der Waals surface area contributed by atoms with Gasteiger partial charge < -0.3 is 10.2 Å². The molecule has 1 N–H and O–H groups in total. The minimum absolute atomic E-state index is 0.0149. The van der Waals surface area contributed by atoms with Crippen LogP contribution in [0.2, 0.25) is 0 Å². The molecular weight excluding hydrogens is 258 g/mol. The highest BCUT2D eigenvalue weighted by atomic mass is 19.1. The third-order valence-electron chi connectivity index (χ3n) is 4.58. The predicted octanol–water partition coefficient (Wildman–Crippen LogP) is 3.22. The first-order valence-electron chi connectivity index (χ1n) is 7.20. The summed E-state index contributed by atoms with van der Waals surface area (Å²) in [7, 11) is 5.90. The summed E-state index contributed by atoms with van der Waals surface area (Å²) in [6.07, 6.45) is 2.17. The number of benzene rings is 1. The van der Waals surface area contributed by atoms with E-state index in [0.29, 0.717) is 6.42 Å². The molecule has 1 atom stereocenters. The second-order valence-corrected chi connectivity index (χ2v) is 5.45. The summed E-state index contributed by atoms with van der Waals surface area (Å²) in [6, 6.07) is 4.03. The Morgan fingerprint density at radius 2 is 1.65 bits per heavy atom. The van der Waals surface area contributed by atoms with Gasteiger partial charge in [-0.1, -0.05) is 19.9 Å². The fourth-order valence-corrected chi connectivity index (χ4v) is 3.18. The monoisotopic (exact) mass is 284 g/mol. The van der Waals surface area contributed by atoms with Crippen LogP contribution in [0.3, 0.4) is 0 Å². The average molecular weight is 284 g/mol. The molecular formula is C16H26F2N2. The van der Waals surface area contributed by atoms with Crippen LogP contribution in [-0.2, 0) is 6.42 Å². The van der Waals surface area contributed by atoms with Gasteiger partial charge in [-0.15, -0.1) is 0 Å². The third-order valence-corrected chi connectivity index (χ3v) is 4.58. The highest BCUT2D eigenvalue weighted by molar-refractivity contribution is 5.22. The van der Waals surface area contributed by atoms with E-state index in [-0.39, 0.29) is 17.1 Å². The van der Waals surface area contributed by atoms with Crippen LogP contribution in [0.4, 0.5) is 8.78 Å². The van der Waals surface area contributed by atoms with Crippen LogP contribution in [0.5, 0.6) is 0 Å². The Hall–Kier alpha value is -1.00. The average Bonchev–Trinajstić information content (AvgIpc) is 2.42. The van der Waals surface area contributed by atoms with Crippen LogP contribution in [0.15, 0.2) is 18.2 Å². The number of hydrogen-bond acceptors (Lipinski definition) is 2. The second-order valence-electron chi connectivity index (χ2n) is 5.45. The van der Waals surface area contributed by atoms with E-state index >= 15 is 0 Å². The lowest BCUT2D eigenvalue weighted by Gasteiger charge is -2.45. The van der Waals surface area contributed by atoms with Crippen LogP contribution in [0, 0.1) is 11.6 Å². The van der Waals surface area contributed by atoms with Crippen molar-refractivity contribution in [1.82, 2.24) is 10.2 Å². The minimum atomic E-state index is -0.467. The highest BCUT2D eigenvalue weighted by Gasteiger charge is 2.37. The van der Waals surface area contributed by atoms with Gasteiger partial charge in [0.2, 0.25) is 0 Å². The normalized spacial score (nSPS) is 13.8. The Morgan fingerprint density at radius 3 is 2.00 bits per heavy atom. The molecule has 0 fully saturated rings. The van der Waals surface area contributed by atoms with E-state index in [1.807, 2.05) is 21.1 Å². The van der Waals surface area contributed by atoms with E-state index in [9.17, 15) is 8.78 Å². The van der Waals surface area contributed by atoms with Crippen LogP contribution < -0.4 is 5.32 Å². The molecule has 1 unspecified atom stereocenters.